The van der Waals surface area contributed by atoms with Crippen molar-refractivity contribution in [3.05, 3.63) is 0 Å². The van der Waals surface area contributed by atoms with E-state index in [1.165, 1.54) is 4.90 Å². The minimum Gasteiger partial charge on any atom is -0.480 e. The lowest BCUT2D eigenvalue weighted by Crippen LogP contribution is -2.58. The lowest BCUT2D eigenvalue weighted by atomic mass is 10.1. The summed E-state index contributed by atoms with van der Waals surface area (Å²) in [6, 6.07) is -1.32. The van der Waals surface area contributed by atoms with Crippen LogP contribution in [-0.4, -0.2) is 67.1 Å². The highest BCUT2D eigenvalue weighted by atomic mass is 32.2. The quantitative estimate of drug-likeness (QED) is 0.686. The molecule has 7 nitrogen and oxygen atoms in total. The fourth-order valence-electron chi connectivity index (χ4n) is 2.39. The fourth-order valence-corrected chi connectivity index (χ4v) is 3.86. The third-order valence-electron chi connectivity index (χ3n) is 3.33. The van der Waals surface area contributed by atoms with E-state index in [1.807, 2.05) is 0 Å². The zero-order valence-corrected chi connectivity index (χ0v) is 10.6. The molecule has 0 aromatic carbocycles. The first kappa shape index (κ1) is 13.3. The molecule has 18 heavy (non-hydrogen) atoms. The molecule has 1 atom stereocenters. The topological polar surface area (TPSA) is 101 Å². The Balaban J connectivity index is 2.13. The number of sulfone groups is 1. The third-order valence-corrected chi connectivity index (χ3v) is 5.04. The van der Waals surface area contributed by atoms with E-state index in [0.717, 1.165) is 0 Å². The Kier molecular flexibility index (Phi) is 3.58. The molecule has 0 bridgehead atoms. The molecule has 2 rings (SSSR count). The summed E-state index contributed by atoms with van der Waals surface area (Å²) in [4.78, 5) is 24.1. The number of rotatable bonds is 2. The molecule has 2 saturated heterocycles. The predicted molar refractivity (Wildman–Crippen MR) is 60.8 cm³/mol. The Hall–Kier alpha value is -1.15. The normalized spacial score (nSPS) is 29.2. The minimum absolute atomic E-state index is 0.00857. The van der Waals surface area contributed by atoms with Crippen LogP contribution in [-0.2, 0) is 24.2 Å². The number of amides is 1. The molecule has 8 heteroatoms. The van der Waals surface area contributed by atoms with Crippen molar-refractivity contribution in [3.63, 3.8) is 0 Å². The van der Waals surface area contributed by atoms with E-state index in [4.69, 9.17) is 9.84 Å². The zero-order chi connectivity index (χ0) is 13.3. The van der Waals surface area contributed by atoms with E-state index in [2.05, 4.69) is 0 Å². The Morgan fingerprint density at radius 2 is 1.94 bits per heavy atom. The van der Waals surface area contributed by atoms with E-state index >= 15 is 0 Å². The van der Waals surface area contributed by atoms with Gasteiger partial charge in [-0.1, -0.05) is 0 Å². The van der Waals surface area contributed by atoms with Crippen molar-refractivity contribution >= 4 is 21.7 Å². The summed E-state index contributed by atoms with van der Waals surface area (Å²) in [5.41, 5.74) is 0. The zero-order valence-electron chi connectivity index (χ0n) is 9.74. The number of carbonyl (C=O) groups is 2. The standard InChI is InChI=1S/C10H15NO6S/c12-9-6-17-5-8(10(13)14)11(9)7-1-3-18(15,16)4-2-7/h7-8H,1-6H2,(H,13,14). The molecule has 1 amide bonds. The number of hydrogen-bond donors (Lipinski definition) is 1. The van der Waals surface area contributed by atoms with Gasteiger partial charge in [-0.05, 0) is 12.8 Å². The minimum atomic E-state index is -3.03. The molecule has 2 aliphatic rings. The van der Waals surface area contributed by atoms with E-state index < -0.39 is 21.8 Å². The summed E-state index contributed by atoms with van der Waals surface area (Å²) in [6.45, 7) is -0.169. The molecular formula is C10H15NO6S. The van der Waals surface area contributed by atoms with Gasteiger partial charge >= 0.3 is 5.97 Å². The number of hydrogen-bond acceptors (Lipinski definition) is 5. The van der Waals surface area contributed by atoms with Crippen molar-refractivity contribution in [2.24, 2.45) is 0 Å². The van der Waals surface area contributed by atoms with Gasteiger partial charge in [0.1, 0.15) is 16.4 Å². The number of morpholine rings is 1. The van der Waals surface area contributed by atoms with Crippen molar-refractivity contribution < 1.29 is 27.9 Å². The van der Waals surface area contributed by atoms with Crippen molar-refractivity contribution in [2.45, 2.75) is 24.9 Å². The SMILES string of the molecule is O=C(O)C1COCC(=O)N1C1CCS(=O)(=O)CC1. The van der Waals surface area contributed by atoms with Crippen LogP contribution >= 0.6 is 0 Å². The highest BCUT2D eigenvalue weighted by Gasteiger charge is 2.40. The highest BCUT2D eigenvalue weighted by Crippen LogP contribution is 2.22. The van der Waals surface area contributed by atoms with Crippen molar-refractivity contribution in [1.29, 1.82) is 0 Å². The maximum absolute atomic E-state index is 11.8. The first-order valence-electron chi connectivity index (χ1n) is 5.73. The van der Waals surface area contributed by atoms with Gasteiger partial charge in [0, 0.05) is 6.04 Å². The summed E-state index contributed by atoms with van der Waals surface area (Å²) in [5.74, 6) is -1.47. The molecule has 0 spiro atoms. The molecule has 2 heterocycles. The maximum Gasteiger partial charge on any atom is 0.328 e. The van der Waals surface area contributed by atoms with Gasteiger partial charge in [-0.15, -0.1) is 0 Å². The second-order valence-electron chi connectivity index (χ2n) is 4.55. The molecule has 0 aliphatic carbocycles. The Labute approximate surface area is 105 Å². The van der Waals surface area contributed by atoms with Crippen LogP contribution in [0.2, 0.25) is 0 Å². The fraction of sp³-hybridized carbons (Fsp3) is 0.800. The molecule has 0 radical (unpaired) electrons. The predicted octanol–water partition coefficient (Wildman–Crippen LogP) is -1.12. The molecule has 1 N–H and O–H groups in total. The smallest absolute Gasteiger partial charge is 0.328 e. The van der Waals surface area contributed by atoms with E-state index in [9.17, 15) is 18.0 Å². The van der Waals surface area contributed by atoms with Crippen LogP contribution in [0.15, 0.2) is 0 Å². The van der Waals surface area contributed by atoms with Crippen LogP contribution in [0.4, 0.5) is 0 Å². The van der Waals surface area contributed by atoms with Gasteiger partial charge in [0.05, 0.1) is 18.1 Å². The van der Waals surface area contributed by atoms with Crippen LogP contribution in [0, 0.1) is 0 Å². The van der Waals surface area contributed by atoms with E-state index in [1.54, 1.807) is 0 Å². The third kappa shape index (κ3) is 2.64. The van der Waals surface area contributed by atoms with Crippen molar-refractivity contribution in [2.75, 3.05) is 24.7 Å². The van der Waals surface area contributed by atoms with Gasteiger partial charge in [-0.3, -0.25) is 4.79 Å². The van der Waals surface area contributed by atoms with Gasteiger partial charge < -0.3 is 14.7 Å². The van der Waals surface area contributed by atoms with E-state index in [-0.39, 0.29) is 36.7 Å². The molecule has 2 fully saturated rings. The lowest BCUT2D eigenvalue weighted by Gasteiger charge is -2.40. The number of aliphatic carboxylic acids is 1. The summed E-state index contributed by atoms with van der Waals surface area (Å²) >= 11 is 0. The number of carbonyl (C=O) groups excluding carboxylic acids is 1. The van der Waals surface area contributed by atoms with Gasteiger partial charge in [-0.2, -0.15) is 0 Å². The summed E-state index contributed by atoms with van der Waals surface area (Å²) in [7, 11) is -3.03. The maximum atomic E-state index is 11.8. The second kappa shape index (κ2) is 4.85. The van der Waals surface area contributed by atoms with Gasteiger partial charge in [0.15, 0.2) is 6.04 Å². The number of carboxylic acid groups (broad SMARTS) is 1. The number of nitrogens with zero attached hydrogens (tertiary/aromatic N) is 1. The summed E-state index contributed by atoms with van der Waals surface area (Å²) in [6.07, 6.45) is 0.607. The van der Waals surface area contributed by atoms with Crippen LogP contribution in [0.1, 0.15) is 12.8 Å². The van der Waals surface area contributed by atoms with E-state index in [0.29, 0.717) is 12.8 Å². The van der Waals surface area contributed by atoms with Crippen LogP contribution in [0.5, 0.6) is 0 Å². The summed E-state index contributed by atoms with van der Waals surface area (Å²) < 4.78 is 27.6. The molecule has 102 valence electrons. The average molecular weight is 277 g/mol. The molecule has 0 aromatic rings. The first-order valence-corrected chi connectivity index (χ1v) is 7.55. The Bertz CT molecular complexity index is 445. The van der Waals surface area contributed by atoms with Gasteiger partial charge in [0.2, 0.25) is 5.91 Å². The first-order chi connectivity index (χ1) is 8.41. The number of carboxylic acids is 1. The molecular weight excluding hydrogens is 262 g/mol. The van der Waals surface area contributed by atoms with Gasteiger partial charge in [0.25, 0.3) is 0 Å². The monoisotopic (exact) mass is 277 g/mol. The van der Waals surface area contributed by atoms with Crippen LogP contribution < -0.4 is 0 Å². The van der Waals surface area contributed by atoms with Crippen molar-refractivity contribution in [1.82, 2.24) is 4.90 Å². The second-order valence-corrected chi connectivity index (χ2v) is 6.86. The lowest BCUT2D eigenvalue weighted by molar-refractivity contribution is -0.166. The average Bonchev–Trinajstić information content (AvgIpc) is 2.29. The molecule has 0 aromatic heterocycles. The largest absolute Gasteiger partial charge is 0.480 e. The van der Waals surface area contributed by atoms with Crippen molar-refractivity contribution in [3.8, 4) is 0 Å². The van der Waals surface area contributed by atoms with Crippen LogP contribution in [0.3, 0.4) is 0 Å². The summed E-state index contributed by atoms with van der Waals surface area (Å²) in [5, 5.41) is 9.07. The Morgan fingerprint density at radius 3 is 2.50 bits per heavy atom. The highest BCUT2D eigenvalue weighted by molar-refractivity contribution is 7.91. The molecule has 1 unspecified atom stereocenters. The van der Waals surface area contributed by atoms with Crippen LogP contribution in [0.25, 0.3) is 0 Å². The van der Waals surface area contributed by atoms with Gasteiger partial charge in [-0.25, -0.2) is 13.2 Å². The Morgan fingerprint density at radius 1 is 1.33 bits per heavy atom. The molecule has 2 aliphatic heterocycles. The number of ether oxygens (including phenoxy) is 1. The molecule has 0 saturated carbocycles.